The number of aromatic nitrogens is 2. The predicted octanol–water partition coefficient (Wildman–Crippen LogP) is 2.82. The molecular weight excluding hydrogens is 314 g/mol. The maximum Gasteiger partial charge on any atom is 0.227 e. The van der Waals surface area contributed by atoms with Crippen molar-refractivity contribution in [3.8, 4) is 5.75 Å². The number of likely N-dealkylation sites (tertiary alicyclic amines) is 1. The molecule has 0 aliphatic carbocycles. The predicted molar refractivity (Wildman–Crippen MR) is 97.8 cm³/mol. The Labute approximate surface area is 149 Å². The Bertz CT molecular complexity index is 749. The van der Waals surface area contributed by atoms with Gasteiger partial charge in [0.05, 0.1) is 19.2 Å². The Morgan fingerprint density at radius 3 is 2.60 bits per heavy atom. The van der Waals surface area contributed by atoms with E-state index in [0.29, 0.717) is 6.42 Å². The van der Waals surface area contributed by atoms with E-state index in [1.165, 1.54) is 5.56 Å². The van der Waals surface area contributed by atoms with Crippen LogP contribution in [0.25, 0.3) is 0 Å². The van der Waals surface area contributed by atoms with E-state index in [0.717, 1.165) is 48.5 Å². The summed E-state index contributed by atoms with van der Waals surface area (Å²) in [5, 5.41) is 4.43. The summed E-state index contributed by atoms with van der Waals surface area (Å²) in [7, 11) is 3.60. The lowest BCUT2D eigenvalue weighted by molar-refractivity contribution is -0.131. The van der Waals surface area contributed by atoms with Crippen molar-refractivity contribution >= 4 is 5.91 Å². The first-order valence-electron chi connectivity index (χ1n) is 8.91. The van der Waals surface area contributed by atoms with Crippen LogP contribution in [0.1, 0.15) is 35.4 Å². The Morgan fingerprint density at radius 2 is 2.00 bits per heavy atom. The third-order valence-corrected chi connectivity index (χ3v) is 5.31. The van der Waals surface area contributed by atoms with Crippen molar-refractivity contribution in [1.29, 1.82) is 0 Å². The molecule has 1 aliphatic heterocycles. The van der Waals surface area contributed by atoms with Crippen molar-refractivity contribution in [3.05, 3.63) is 46.8 Å². The van der Waals surface area contributed by atoms with Gasteiger partial charge in [0.25, 0.3) is 0 Å². The molecule has 0 saturated carbocycles. The molecule has 2 aromatic rings. The SMILES string of the molecule is COc1ccc(C[C@@H]2CCCN2C(=O)Cc2c(C)nn(C)c2C)cc1. The number of methoxy groups -OCH3 is 1. The smallest absolute Gasteiger partial charge is 0.227 e. The zero-order valence-corrected chi connectivity index (χ0v) is 15.6. The quantitative estimate of drug-likeness (QED) is 0.840. The largest absolute Gasteiger partial charge is 0.497 e. The van der Waals surface area contributed by atoms with Crippen LogP contribution < -0.4 is 4.74 Å². The molecule has 1 amide bonds. The average molecular weight is 341 g/mol. The van der Waals surface area contributed by atoms with E-state index in [2.05, 4.69) is 22.1 Å². The van der Waals surface area contributed by atoms with Crippen LogP contribution in [0.15, 0.2) is 24.3 Å². The number of hydrogen-bond acceptors (Lipinski definition) is 3. The molecule has 5 heteroatoms. The minimum atomic E-state index is 0.218. The zero-order chi connectivity index (χ0) is 18.0. The van der Waals surface area contributed by atoms with Gasteiger partial charge in [-0.05, 0) is 50.8 Å². The van der Waals surface area contributed by atoms with E-state index in [-0.39, 0.29) is 11.9 Å². The van der Waals surface area contributed by atoms with Crippen LogP contribution in [0.2, 0.25) is 0 Å². The van der Waals surface area contributed by atoms with Crippen LogP contribution in [0.4, 0.5) is 0 Å². The van der Waals surface area contributed by atoms with E-state index in [1.807, 2.05) is 37.7 Å². The molecule has 3 rings (SSSR count). The average Bonchev–Trinajstić information content (AvgIpc) is 3.15. The molecule has 2 heterocycles. The Balaban J connectivity index is 1.68. The summed E-state index contributed by atoms with van der Waals surface area (Å²) in [5.74, 6) is 1.08. The summed E-state index contributed by atoms with van der Waals surface area (Å²) >= 11 is 0. The zero-order valence-electron chi connectivity index (χ0n) is 15.6. The van der Waals surface area contributed by atoms with Crippen molar-refractivity contribution < 1.29 is 9.53 Å². The molecule has 5 nitrogen and oxygen atoms in total. The number of hydrogen-bond donors (Lipinski definition) is 0. The van der Waals surface area contributed by atoms with Gasteiger partial charge in [-0.25, -0.2) is 0 Å². The number of carbonyl (C=O) groups excluding carboxylic acids is 1. The van der Waals surface area contributed by atoms with Crippen LogP contribution >= 0.6 is 0 Å². The van der Waals surface area contributed by atoms with Crippen molar-refractivity contribution in [1.82, 2.24) is 14.7 Å². The molecule has 0 radical (unpaired) electrons. The molecule has 134 valence electrons. The van der Waals surface area contributed by atoms with Gasteiger partial charge >= 0.3 is 0 Å². The standard InChI is InChI=1S/C20H27N3O2/c1-14-19(15(2)22(3)21-14)13-20(24)23-11-5-6-17(23)12-16-7-9-18(25-4)10-8-16/h7-10,17H,5-6,11-13H2,1-4H3/t17-/m0/s1. The number of benzene rings is 1. The molecule has 1 aromatic heterocycles. The van der Waals surface area contributed by atoms with Crippen LogP contribution in [-0.2, 0) is 24.7 Å². The van der Waals surface area contributed by atoms with E-state index in [4.69, 9.17) is 4.74 Å². The maximum atomic E-state index is 12.9. The highest BCUT2D eigenvalue weighted by Crippen LogP contribution is 2.24. The summed E-state index contributed by atoms with van der Waals surface area (Å²) < 4.78 is 7.07. The summed E-state index contributed by atoms with van der Waals surface area (Å²) in [6, 6.07) is 8.44. The Morgan fingerprint density at radius 1 is 1.28 bits per heavy atom. The molecule has 0 N–H and O–H groups in total. The Hall–Kier alpha value is -2.30. The first kappa shape index (κ1) is 17.5. The van der Waals surface area contributed by atoms with Gasteiger partial charge in [-0.1, -0.05) is 12.1 Å². The lowest BCUT2D eigenvalue weighted by atomic mass is 10.0. The van der Waals surface area contributed by atoms with Crippen LogP contribution in [0, 0.1) is 13.8 Å². The van der Waals surface area contributed by atoms with Gasteiger partial charge in [0.1, 0.15) is 5.75 Å². The highest BCUT2D eigenvalue weighted by atomic mass is 16.5. The summed E-state index contributed by atoms with van der Waals surface area (Å²) in [4.78, 5) is 15.0. The van der Waals surface area contributed by atoms with E-state index in [1.54, 1.807) is 7.11 Å². The summed E-state index contributed by atoms with van der Waals surface area (Å²) in [6.07, 6.45) is 3.51. The number of ether oxygens (including phenoxy) is 1. The third-order valence-electron chi connectivity index (χ3n) is 5.31. The summed E-state index contributed by atoms with van der Waals surface area (Å²) in [5.41, 5.74) is 4.36. The van der Waals surface area contributed by atoms with Crippen molar-refractivity contribution in [3.63, 3.8) is 0 Å². The molecule has 1 aromatic carbocycles. The first-order chi connectivity index (χ1) is 12.0. The van der Waals surface area contributed by atoms with Crippen molar-refractivity contribution in [2.75, 3.05) is 13.7 Å². The number of carbonyl (C=O) groups is 1. The minimum absolute atomic E-state index is 0.218. The van der Waals surface area contributed by atoms with Gasteiger partial charge in [-0.15, -0.1) is 0 Å². The molecule has 0 unspecified atom stereocenters. The second-order valence-electron chi connectivity index (χ2n) is 6.89. The van der Waals surface area contributed by atoms with E-state index >= 15 is 0 Å². The first-order valence-corrected chi connectivity index (χ1v) is 8.91. The van der Waals surface area contributed by atoms with Gasteiger partial charge in [-0.2, -0.15) is 5.10 Å². The molecule has 0 spiro atoms. The van der Waals surface area contributed by atoms with Crippen molar-refractivity contribution in [2.45, 2.75) is 45.6 Å². The number of nitrogens with zero attached hydrogens (tertiary/aromatic N) is 3. The second kappa shape index (κ2) is 7.30. The molecule has 1 atom stereocenters. The molecule has 1 fully saturated rings. The highest BCUT2D eigenvalue weighted by Gasteiger charge is 2.29. The highest BCUT2D eigenvalue weighted by molar-refractivity contribution is 5.80. The molecule has 0 bridgehead atoms. The normalized spacial score (nSPS) is 17.1. The third kappa shape index (κ3) is 3.70. The summed E-state index contributed by atoms with van der Waals surface area (Å²) in [6.45, 7) is 4.87. The van der Waals surface area contributed by atoms with Crippen LogP contribution in [-0.4, -0.2) is 40.3 Å². The fourth-order valence-electron chi connectivity index (χ4n) is 3.74. The van der Waals surface area contributed by atoms with Crippen LogP contribution in [0.3, 0.4) is 0 Å². The monoisotopic (exact) mass is 341 g/mol. The fourth-order valence-corrected chi connectivity index (χ4v) is 3.74. The van der Waals surface area contributed by atoms with Crippen molar-refractivity contribution in [2.24, 2.45) is 7.05 Å². The van der Waals surface area contributed by atoms with Gasteiger partial charge in [0.2, 0.25) is 5.91 Å². The molecular formula is C20H27N3O2. The fraction of sp³-hybridized carbons (Fsp3) is 0.500. The molecule has 25 heavy (non-hydrogen) atoms. The van der Waals surface area contributed by atoms with Gasteiger partial charge in [0.15, 0.2) is 0 Å². The van der Waals surface area contributed by atoms with E-state index in [9.17, 15) is 4.79 Å². The number of aryl methyl sites for hydroxylation is 2. The maximum absolute atomic E-state index is 12.9. The van der Waals surface area contributed by atoms with Gasteiger partial charge in [-0.3, -0.25) is 9.48 Å². The number of rotatable bonds is 5. The number of amides is 1. The second-order valence-corrected chi connectivity index (χ2v) is 6.89. The lowest BCUT2D eigenvalue weighted by Crippen LogP contribution is -2.38. The van der Waals surface area contributed by atoms with Gasteiger partial charge < -0.3 is 9.64 Å². The topological polar surface area (TPSA) is 47.4 Å². The Kier molecular flexibility index (Phi) is 5.11. The van der Waals surface area contributed by atoms with Gasteiger partial charge in [0, 0.05) is 30.9 Å². The molecule has 1 saturated heterocycles. The van der Waals surface area contributed by atoms with E-state index < -0.39 is 0 Å². The van der Waals surface area contributed by atoms with Crippen LogP contribution in [0.5, 0.6) is 5.75 Å². The minimum Gasteiger partial charge on any atom is -0.497 e. The molecule has 1 aliphatic rings. The lowest BCUT2D eigenvalue weighted by Gasteiger charge is -2.25.